The number of hydrogen-bond acceptors (Lipinski definition) is 4. The SMILES string of the molecule is Cc1ncc(C(=O)N(C)C)c(C2CCC(CNC(=O)[C@H]3CC=CCC3)CC2)n1. The first-order valence-electron chi connectivity index (χ1n) is 10.4. The van der Waals surface area contributed by atoms with Crippen LogP contribution >= 0.6 is 0 Å². The summed E-state index contributed by atoms with van der Waals surface area (Å²) >= 11 is 0. The molecular weight excluding hydrogens is 352 g/mol. The maximum absolute atomic E-state index is 12.5. The lowest BCUT2D eigenvalue weighted by atomic mass is 9.79. The van der Waals surface area contributed by atoms with Gasteiger partial charge in [-0.05, 0) is 57.8 Å². The van der Waals surface area contributed by atoms with E-state index in [4.69, 9.17) is 0 Å². The van der Waals surface area contributed by atoms with E-state index < -0.39 is 0 Å². The smallest absolute Gasteiger partial charge is 0.256 e. The lowest BCUT2D eigenvalue weighted by Gasteiger charge is -2.30. The van der Waals surface area contributed by atoms with Crippen LogP contribution in [0.4, 0.5) is 0 Å². The van der Waals surface area contributed by atoms with Crippen LogP contribution in [0.2, 0.25) is 0 Å². The number of carbonyl (C=O) groups is 2. The maximum atomic E-state index is 12.5. The average Bonchev–Trinajstić information content (AvgIpc) is 2.72. The fourth-order valence-corrected chi connectivity index (χ4v) is 4.27. The van der Waals surface area contributed by atoms with Crippen molar-refractivity contribution in [3.05, 3.63) is 35.4 Å². The molecule has 1 aromatic rings. The molecule has 0 unspecified atom stereocenters. The zero-order valence-electron chi connectivity index (χ0n) is 17.3. The summed E-state index contributed by atoms with van der Waals surface area (Å²) in [6.45, 7) is 2.63. The predicted octanol–water partition coefficient (Wildman–Crippen LogP) is 3.23. The van der Waals surface area contributed by atoms with E-state index in [9.17, 15) is 9.59 Å². The Hall–Kier alpha value is -2.24. The summed E-state index contributed by atoms with van der Waals surface area (Å²) in [7, 11) is 3.52. The van der Waals surface area contributed by atoms with Gasteiger partial charge in [-0.3, -0.25) is 9.59 Å². The molecule has 1 atom stereocenters. The van der Waals surface area contributed by atoms with Crippen LogP contribution in [-0.2, 0) is 4.79 Å². The summed E-state index contributed by atoms with van der Waals surface area (Å²) < 4.78 is 0. The molecule has 0 saturated heterocycles. The molecule has 2 aliphatic carbocycles. The summed E-state index contributed by atoms with van der Waals surface area (Å²) in [6, 6.07) is 0. The molecule has 0 aliphatic heterocycles. The highest BCUT2D eigenvalue weighted by atomic mass is 16.2. The minimum atomic E-state index is -0.0362. The van der Waals surface area contributed by atoms with Gasteiger partial charge in [0.25, 0.3) is 5.91 Å². The highest BCUT2D eigenvalue weighted by Crippen LogP contribution is 2.36. The van der Waals surface area contributed by atoms with Gasteiger partial charge in [0.15, 0.2) is 0 Å². The fraction of sp³-hybridized carbons (Fsp3) is 0.636. The number of amides is 2. The minimum Gasteiger partial charge on any atom is -0.356 e. The number of nitrogens with one attached hydrogen (secondary N) is 1. The monoisotopic (exact) mass is 384 g/mol. The third kappa shape index (κ3) is 4.97. The van der Waals surface area contributed by atoms with Gasteiger partial charge in [0, 0.05) is 38.7 Å². The Morgan fingerprint density at radius 3 is 2.54 bits per heavy atom. The van der Waals surface area contributed by atoms with E-state index in [1.54, 1.807) is 25.2 Å². The largest absolute Gasteiger partial charge is 0.356 e. The first-order chi connectivity index (χ1) is 13.5. The van der Waals surface area contributed by atoms with Crippen molar-refractivity contribution in [2.75, 3.05) is 20.6 Å². The molecule has 6 heteroatoms. The van der Waals surface area contributed by atoms with Gasteiger partial charge in [-0.15, -0.1) is 0 Å². The summed E-state index contributed by atoms with van der Waals surface area (Å²) in [5, 5.41) is 3.17. The molecule has 1 heterocycles. The van der Waals surface area contributed by atoms with Crippen LogP contribution in [0.5, 0.6) is 0 Å². The number of hydrogen-bond donors (Lipinski definition) is 1. The number of rotatable bonds is 5. The van der Waals surface area contributed by atoms with Crippen LogP contribution in [0.15, 0.2) is 18.3 Å². The average molecular weight is 385 g/mol. The van der Waals surface area contributed by atoms with Gasteiger partial charge in [0.2, 0.25) is 5.91 Å². The topological polar surface area (TPSA) is 75.2 Å². The maximum Gasteiger partial charge on any atom is 0.256 e. The highest BCUT2D eigenvalue weighted by Gasteiger charge is 2.28. The Kier molecular flexibility index (Phi) is 6.81. The Balaban J connectivity index is 1.55. The van der Waals surface area contributed by atoms with Crippen molar-refractivity contribution >= 4 is 11.8 Å². The Bertz CT molecular complexity index is 736. The molecule has 0 radical (unpaired) electrons. The zero-order valence-corrected chi connectivity index (χ0v) is 17.3. The van der Waals surface area contributed by atoms with Gasteiger partial charge in [-0.2, -0.15) is 0 Å². The lowest BCUT2D eigenvalue weighted by Crippen LogP contribution is -2.36. The van der Waals surface area contributed by atoms with Crippen molar-refractivity contribution in [1.82, 2.24) is 20.2 Å². The number of carbonyl (C=O) groups excluding carboxylic acids is 2. The summed E-state index contributed by atoms with van der Waals surface area (Å²) in [4.78, 5) is 35.3. The van der Waals surface area contributed by atoms with Gasteiger partial charge >= 0.3 is 0 Å². The highest BCUT2D eigenvalue weighted by molar-refractivity contribution is 5.94. The normalized spacial score (nSPS) is 24.6. The number of allylic oxidation sites excluding steroid dienone is 2. The van der Waals surface area contributed by atoms with E-state index in [0.717, 1.165) is 57.2 Å². The number of nitrogens with zero attached hydrogens (tertiary/aromatic N) is 3. The third-order valence-corrected chi connectivity index (χ3v) is 6.01. The van der Waals surface area contributed by atoms with Crippen molar-refractivity contribution in [3.63, 3.8) is 0 Å². The van der Waals surface area contributed by atoms with E-state index >= 15 is 0 Å². The van der Waals surface area contributed by atoms with Crippen LogP contribution in [0.3, 0.4) is 0 Å². The molecule has 6 nitrogen and oxygen atoms in total. The van der Waals surface area contributed by atoms with Crippen LogP contribution < -0.4 is 5.32 Å². The molecule has 0 aromatic carbocycles. The van der Waals surface area contributed by atoms with E-state index in [2.05, 4.69) is 27.4 Å². The van der Waals surface area contributed by atoms with Crippen molar-refractivity contribution in [2.24, 2.45) is 11.8 Å². The minimum absolute atomic E-state index is 0.0362. The van der Waals surface area contributed by atoms with E-state index in [0.29, 0.717) is 17.3 Å². The second kappa shape index (κ2) is 9.30. The van der Waals surface area contributed by atoms with Crippen molar-refractivity contribution in [3.8, 4) is 0 Å². The molecule has 2 aliphatic rings. The Labute approximate surface area is 167 Å². The van der Waals surface area contributed by atoms with Crippen LogP contribution in [0, 0.1) is 18.8 Å². The van der Waals surface area contributed by atoms with Crippen molar-refractivity contribution in [1.29, 1.82) is 0 Å². The first kappa shape index (κ1) is 20.5. The molecule has 1 aromatic heterocycles. The molecular formula is C22H32N4O2. The van der Waals surface area contributed by atoms with Crippen LogP contribution in [-0.4, -0.2) is 47.3 Å². The van der Waals surface area contributed by atoms with Gasteiger partial charge in [0.05, 0.1) is 11.3 Å². The first-order valence-corrected chi connectivity index (χ1v) is 10.4. The molecule has 1 fully saturated rings. The molecule has 28 heavy (non-hydrogen) atoms. The molecule has 1 N–H and O–H groups in total. The van der Waals surface area contributed by atoms with Crippen LogP contribution in [0.1, 0.15) is 72.7 Å². The molecule has 152 valence electrons. The van der Waals surface area contributed by atoms with E-state index in [1.807, 2.05) is 6.92 Å². The fourth-order valence-electron chi connectivity index (χ4n) is 4.27. The summed E-state index contributed by atoms with van der Waals surface area (Å²) in [5.74, 6) is 1.82. The standard InChI is InChI=1S/C22H32N4O2/c1-15-23-14-19(22(28)26(2)3)20(25-15)17-11-9-16(10-12-17)13-24-21(27)18-7-5-4-6-8-18/h4-5,14,16-18H,6-13H2,1-3H3,(H,24,27)/t16?,17?,18-/m0/s1. The molecule has 0 spiro atoms. The van der Waals surface area contributed by atoms with Gasteiger partial charge in [-0.1, -0.05) is 12.2 Å². The van der Waals surface area contributed by atoms with Crippen molar-refractivity contribution in [2.45, 2.75) is 57.8 Å². The molecule has 1 saturated carbocycles. The Morgan fingerprint density at radius 1 is 1.14 bits per heavy atom. The second-order valence-electron chi connectivity index (χ2n) is 8.36. The molecule has 2 amide bonds. The predicted molar refractivity (Wildman–Crippen MR) is 109 cm³/mol. The summed E-state index contributed by atoms with van der Waals surface area (Å²) in [6.07, 6.45) is 12.9. The quantitative estimate of drug-likeness (QED) is 0.791. The Morgan fingerprint density at radius 2 is 1.89 bits per heavy atom. The third-order valence-electron chi connectivity index (χ3n) is 6.01. The molecule has 3 rings (SSSR count). The van der Waals surface area contributed by atoms with Gasteiger partial charge < -0.3 is 10.2 Å². The zero-order chi connectivity index (χ0) is 20.1. The number of aromatic nitrogens is 2. The van der Waals surface area contributed by atoms with E-state index in [1.165, 1.54) is 0 Å². The second-order valence-corrected chi connectivity index (χ2v) is 8.36. The van der Waals surface area contributed by atoms with Crippen LogP contribution in [0.25, 0.3) is 0 Å². The lowest BCUT2D eigenvalue weighted by molar-refractivity contribution is -0.125. The van der Waals surface area contributed by atoms with Crippen molar-refractivity contribution < 1.29 is 9.59 Å². The van der Waals surface area contributed by atoms with Gasteiger partial charge in [0.1, 0.15) is 5.82 Å². The number of aryl methyl sites for hydroxylation is 1. The molecule has 0 bridgehead atoms. The van der Waals surface area contributed by atoms with E-state index in [-0.39, 0.29) is 23.7 Å². The van der Waals surface area contributed by atoms with Gasteiger partial charge in [-0.25, -0.2) is 9.97 Å². The summed E-state index contributed by atoms with van der Waals surface area (Å²) in [5.41, 5.74) is 1.51.